The number of aryl methyl sites for hydroxylation is 1. The third kappa shape index (κ3) is 6.00. The van der Waals surface area contributed by atoms with Crippen LogP contribution < -0.4 is 4.74 Å². The summed E-state index contributed by atoms with van der Waals surface area (Å²) >= 11 is 0. The smallest absolute Gasteiger partial charge is 0.315 e. The molecule has 1 aliphatic carbocycles. The third-order valence-corrected chi connectivity index (χ3v) is 9.38. The van der Waals surface area contributed by atoms with Gasteiger partial charge in [0.2, 0.25) is 0 Å². The van der Waals surface area contributed by atoms with Crippen molar-refractivity contribution in [1.82, 2.24) is 0 Å². The highest BCUT2D eigenvalue weighted by Crippen LogP contribution is 2.60. The molecule has 0 spiro atoms. The molecule has 230 valence electrons. The molecule has 0 heterocycles. The van der Waals surface area contributed by atoms with Gasteiger partial charge in [-0.3, -0.25) is 4.79 Å². The first-order chi connectivity index (χ1) is 20.7. The van der Waals surface area contributed by atoms with E-state index in [-0.39, 0.29) is 34.1 Å². The second kappa shape index (κ2) is 11.7. The van der Waals surface area contributed by atoms with Crippen LogP contribution in [-0.4, -0.2) is 12.6 Å². The van der Waals surface area contributed by atoms with E-state index in [2.05, 4.69) is 147 Å². The molecule has 0 N–H and O–H groups in total. The highest BCUT2D eigenvalue weighted by Gasteiger charge is 2.63. The zero-order valence-electron chi connectivity index (χ0n) is 27.9. The van der Waals surface area contributed by atoms with E-state index in [0.29, 0.717) is 6.61 Å². The van der Waals surface area contributed by atoms with Gasteiger partial charge in [-0.25, -0.2) is 0 Å². The lowest BCUT2D eigenvalue weighted by Crippen LogP contribution is -2.34. The molecule has 0 radical (unpaired) electrons. The first-order valence-corrected chi connectivity index (χ1v) is 15.8. The zero-order chi connectivity index (χ0) is 31.9. The first-order valence-electron chi connectivity index (χ1n) is 15.8. The summed E-state index contributed by atoms with van der Waals surface area (Å²) in [5.41, 5.74) is 5.04. The normalized spacial score (nSPS) is 18.1. The maximum Gasteiger partial charge on any atom is 0.315 e. The van der Waals surface area contributed by atoms with E-state index in [4.69, 9.17) is 9.47 Å². The van der Waals surface area contributed by atoms with E-state index in [1.54, 1.807) is 0 Å². The Hall–Kier alpha value is -3.69. The predicted molar refractivity (Wildman–Crippen MR) is 180 cm³/mol. The quantitative estimate of drug-likeness (QED) is 0.117. The molecular formula is C41H48O3. The molecule has 2 atom stereocenters. The van der Waals surface area contributed by atoms with Crippen molar-refractivity contribution < 1.29 is 14.3 Å². The van der Waals surface area contributed by atoms with Crippen molar-refractivity contribution in [2.24, 2.45) is 17.3 Å². The summed E-state index contributed by atoms with van der Waals surface area (Å²) in [6.07, 6.45) is 0. The van der Waals surface area contributed by atoms with Crippen LogP contribution in [0.2, 0.25) is 0 Å². The number of esters is 1. The number of rotatable bonds is 8. The van der Waals surface area contributed by atoms with Crippen LogP contribution in [0.25, 0.3) is 0 Å². The fourth-order valence-corrected chi connectivity index (χ4v) is 6.67. The fraction of sp³-hybridized carbons (Fsp3) is 0.390. The Morgan fingerprint density at radius 2 is 1.07 bits per heavy atom. The lowest BCUT2D eigenvalue weighted by atomic mass is 9.78. The molecule has 0 aliphatic heterocycles. The molecule has 0 amide bonds. The van der Waals surface area contributed by atoms with Crippen molar-refractivity contribution in [1.29, 1.82) is 0 Å². The Morgan fingerprint density at radius 1 is 0.682 bits per heavy atom. The summed E-state index contributed by atoms with van der Waals surface area (Å²) in [5.74, 6) is 0.278. The van der Waals surface area contributed by atoms with Crippen molar-refractivity contribution in [2.75, 3.05) is 6.61 Å². The molecule has 5 rings (SSSR count). The van der Waals surface area contributed by atoms with E-state index in [9.17, 15) is 4.79 Å². The van der Waals surface area contributed by atoms with Gasteiger partial charge in [-0.1, -0.05) is 164 Å². The van der Waals surface area contributed by atoms with E-state index in [1.165, 1.54) is 5.56 Å². The number of carbonyl (C=O) groups is 1. The fourth-order valence-electron chi connectivity index (χ4n) is 6.67. The second-order valence-corrected chi connectivity index (χ2v) is 15.1. The minimum atomic E-state index is -0.827. The maximum atomic E-state index is 14.1. The van der Waals surface area contributed by atoms with Crippen LogP contribution in [0.15, 0.2) is 103 Å². The maximum absolute atomic E-state index is 14.1. The van der Waals surface area contributed by atoms with Crippen molar-refractivity contribution in [3.8, 4) is 5.75 Å². The Balaban J connectivity index is 1.50. The monoisotopic (exact) mass is 588 g/mol. The molecule has 1 aliphatic rings. The predicted octanol–water partition coefficient (Wildman–Crippen LogP) is 9.78. The SMILES string of the molecule is Cc1cc(C(C)(C)C)c(OC(=O)C2C(COC(c3ccccc3)(c3ccccc3)c3ccccc3)C2(C)C)c(C(C)(C)C)c1. The summed E-state index contributed by atoms with van der Waals surface area (Å²) in [7, 11) is 0. The molecule has 1 saturated carbocycles. The van der Waals surface area contributed by atoms with Crippen molar-refractivity contribution in [3.63, 3.8) is 0 Å². The average Bonchev–Trinajstić information content (AvgIpc) is 3.54. The van der Waals surface area contributed by atoms with Gasteiger partial charge < -0.3 is 9.47 Å². The lowest BCUT2D eigenvalue weighted by molar-refractivity contribution is -0.137. The van der Waals surface area contributed by atoms with Gasteiger partial charge in [0.05, 0.1) is 12.5 Å². The van der Waals surface area contributed by atoms with Crippen molar-refractivity contribution in [3.05, 3.63) is 137 Å². The summed E-state index contributed by atoms with van der Waals surface area (Å²) in [6, 6.07) is 35.5. The largest absolute Gasteiger partial charge is 0.426 e. The number of hydrogen-bond donors (Lipinski definition) is 0. The Bertz CT molecular complexity index is 1460. The van der Waals surface area contributed by atoms with Gasteiger partial charge >= 0.3 is 5.97 Å². The minimum Gasteiger partial charge on any atom is -0.426 e. The summed E-state index contributed by atoms with van der Waals surface area (Å²) in [4.78, 5) is 14.1. The number of benzene rings is 4. The molecule has 4 aromatic rings. The molecule has 3 heteroatoms. The van der Waals surface area contributed by atoms with E-state index >= 15 is 0 Å². The van der Waals surface area contributed by atoms with Gasteiger partial charge in [0, 0.05) is 17.0 Å². The topological polar surface area (TPSA) is 35.5 Å². The van der Waals surface area contributed by atoms with Crippen LogP contribution in [0.4, 0.5) is 0 Å². The molecule has 0 aromatic heterocycles. The molecule has 3 nitrogen and oxygen atoms in total. The van der Waals surface area contributed by atoms with E-state index < -0.39 is 5.60 Å². The number of carbonyl (C=O) groups excluding carboxylic acids is 1. The number of ether oxygens (including phenoxy) is 2. The van der Waals surface area contributed by atoms with Crippen LogP contribution in [0.5, 0.6) is 5.75 Å². The van der Waals surface area contributed by atoms with E-state index in [1.807, 2.05) is 18.2 Å². The molecule has 2 unspecified atom stereocenters. The van der Waals surface area contributed by atoms with Crippen LogP contribution in [0, 0.1) is 24.2 Å². The van der Waals surface area contributed by atoms with Crippen LogP contribution in [-0.2, 0) is 26.0 Å². The molecule has 1 fully saturated rings. The Labute approximate surface area is 264 Å². The van der Waals surface area contributed by atoms with Gasteiger partial charge in [-0.15, -0.1) is 0 Å². The lowest BCUT2D eigenvalue weighted by Gasteiger charge is -2.36. The van der Waals surface area contributed by atoms with Gasteiger partial charge in [0.15, 0.2) is 0 Å². The molecule has 44 heavy (non-hydrogen) atoms. The minimum absolute atomic E-state index is 0.00661. The molecule has 0 bridgehead atoms. The molecule has 4 aromatic carbocycles. The summed E-state index contributed by atoms with van der Waals surface area (Å²) in [5, 5.41) is 0. The molecular weight excluding hydrogens is 540 g/mol. The third-order valence-electron chi connectivity index (χ3n) is 9.38. The standard InChI is InChI=1S/C41H48O3/c1-28-25-32(38(2,3)4)36(33(26-28)39(5,6)7)44-37(42)35-34(40(35,8)9)27-43-41(29-19-13-10-14-20-29,30-21-15-11-16-22-30)31-23-17-12-18-24-31/h10-26,34-35H,27H2,1-9H3. The average molecular weight is 589 g/mol. The first kappa shape index (κ1) is 31.7. The van der Waals surface area contributed by atoms with Crippen LogP contribution in [0.1, 0.15) is 88.8 Å². The zero-order valence-corrected chi connectivity index (χ0v) is 27.9. The van der Waals surface area contributed by atoms with Gasteiger partial charge in [-0.05, 0) is 39.9 Å². The number of hydrogen-bond acceptors (Lipinski definition) is 3. The highest BCUT2D eigenvalue weighted by atomic mass is 16.5. The Kier molecular flexibility index (Phi) is 8.42. The van der Waals surface area contributed by atoms with Crippen molar-refractivity contribution >= 4 is 5.97 Å². The summed E-state index contributed by atoms with van der Waals surface area (Å²) in [6.45, 7) is 19.9. The van der Waals surface area contributed by atoms with Crippen LogP contribution in [0.3, 0.4) is 0 Å². The summed E-state index contributed by atoms with van der Waals surface area (Å²) < 4.78 is 13.6. The second-order valence-electron chi connectivity index (χ2n) is 15.1. The van der Waals surface area contributed by atoms with Crippen molar-refractivity contribution in [2.45, 2.75) is 78.7 Å². The Morgan fingerprint density at radius 3 is 1.43 bits per heavy atom. The van der Waals surface area contributed by atoms with E-state index in [0.717, 1.165) is 33.6 Å². The van der Waals surface area contributed by atoms with Gasteiger partial charge in [-0.2, -0.15) is 0 Å². The van der Waals surface area contributed by atoms with Crippen LogP contribution >= 0.6 is 0 Å². The highest BCUT2D eigenvalue weighted by molar-refractivity contribution is 5.81. The molecule has 0 saturated heterocycles. The van der Waals surface area contributed by atoms with Gasteiger partial charge in [0.25, 0.3) is 0 Å². The van der Waals surface area contributed by atoms with Gasteiger partial charge in [0.1, 0.15) is 11.4 Å².